The highest BCUT2D eigenvalue weighted by molar-refractivity contribution is 7.92. The molecule has 4 N–H and O–H groups in total. The molecule has 0 spiro atoms. The van der Waals surface area contributed by atoms with Gasteiger partial charge in [0.2, 0.25) is 16.0 Å². The van der Waals surface area contributed by atoms with E-state index in [9.17, 15) is 13.5 Å². The first-order valence-electron chi connectivity index (χ1n) is 11.8. The minimum atomic E-state index is -3.69. The molecule has 3 aromatic carbocycles. The molecule has 0 aliphatic carbocycles. The first-order chi connectivity index (χ1) is 18.3. The van der Waals surface area contributed by atoms with Gasteiger partial charge in [0.1, 0.15) is 29.5 Å². The fourth-order valence-electron chi connectivity index (χ4n) is 4.35. The minimum absolute atomic E-state index is 0.104. The van der Waals surface area contributed by atoms with Gasteiger partial charge in [-0.3, -0.25) is 9.29 Å². The number of aliphatic hydroxyl groups is 1. The Morgan fingerprint density at radius 1 is 1.11 bits per heavy atom. The predicted octanol–water partition coefficient (Wildman–Crippen LogP) is 4.01. The monoisotopic (exact) mass is 536 g/mol. The number of nitrogens with zero attached hydrogens (tertiary/aromatic N) is 4. The summed E-state index contributed by atoms with van der Waals surface area (Å²) in [5.41, 5.74) is 8.48. The van der Waals surface area contributed by atoms with E-state index in [0.29, 0.717) is 45.5 Å². The second-order valence-electron chi connectivity index (χ2n) is 8.58. The number of aliphatic hydroxyl groups excluding tert-OH is 1. The maximum absolute atomic E-state index is 15.5. The molecule has 0 saturated carbocycles. The van der Waals surface area contributed by atoms with Crippen molar-refractivity contribution in [3.63, 3.8) is 0 Å². The number of fused-ring (bicyclic) bond motifs is 2. The maximum Gasteiger partial charge on any atom is 0.238 e. The van der Waals surface area contributed by atoms with Crippen LogP contribution in [0, 0.1) is 5.82 Å². The molecule has 0 fully saturated rings. The first-order valence-corrected chi connectivity index (χ1v) is 13.4. The SMILES string of the molecule is CCCS(=O)(=O)Nc1cccc(-c2cc(OC)c3nc(-n4c(CO)nc5ccccc54)nc(N)c3c2)c1F. The van der Waals surface area contributed by atoms with Crippen molar-refractivity contribution in [3.8, 4) is 22.8 Å². The fraction of sp³-hybridized carbons (Fsp3) is 0.192. The highest BCUT2D eigenvalue weighted by Crippen LogP contribution is 2.37. The number of anilines is 2. The van der Waals surface area contributed by atoms with Crippen molar-refractivity contribution >= 4 is 43.5 Å². The second-order valence-corrected chi connectivity index (χ2v) is 10.4. The number of sulfonamides is 1. The summed E-state index contributed by atoms with van der Waals surface area (Å²) < 4.78 is 49.4. The molecule has 0 atom stereocenters. The van der Waals surface area contributed by atoms with Crippen LogP contribution in [0.5, 0.6) is 5.75 Å². The number of para-hydroxylation sites is 2. The molecule has 196 valence electrons. The Kier molecular flexibility index (Phi) is 6.59. The van der Waals surface area contributed by atoms with Crippen molar-refractivity contribution in [1.82, 2.24) is 19.5 Å². The van der Waals surface area contributed by atoms with E-state index in [4.69, 9.17) is 10.5 Å². The van der Waals surface area contributed by atoms with Crippen molar-refractivity contribution in [2.75, 3.05) is 23.3 Å². The molecule has 12 heteroatoms. The van der Waals surface area contributed by atoms with Gasteiger partial charge in [0.25, 0.3) is 0 Å². The Hall–Kier alpha value is -4.29. The number of aromatic nitrogens is 4. The van der Waals surface area contributed by atoms with Gasteiger partial charge in [-0.15, -0.1) is 0 Å². The van der Waals surface area contributed by atoms with Crippen LogP contribution in [0.4, 0.5) is 15.9 Å². The van der Waals surface area contributed by atoms with Crippen molar-refractivity contribution in [3.05, 3.63) is 66.2 Å². The zero-order valence-corrected chi connectivity index (χ0v) is 21.5. The number of methoxy groups -OCH3 is 1. The zero-order chi connectivity index (χ0) is 27.0. The van der Waals surface area contributed by atoms with E-state index >= 15 is 4.39 Å². The lowest BCUT2D eigenvalue weighted by Crippen LogP contribution is -2.17. The highest BCUT2D eigenvalue weighted by Gasteiger charge is 2.20. The van der Waals surface area contributed by atoms with E-state index in [-0.39, 0.29) is 35.4 Å². The summed E-state index contributed by atoms with van der Waals surface area (Å²) in [5.74, 6) is 0.0802. The molecule has 0 amide bonds. The van der Waals surface area contributed by atoms with E-state index in [2.05, 4.69) is 19.7 Å². The van der Waals surface area contributed by atoms with Crippen molar-refractivity contribution < 1.29 is 22.7 Å². The Morgan fingerprint density at radius 2 is 1.89 bits per heavy atom. The summed E-state index contributed by atoms with van der Waals surface area (Å²) in [4.78, 5) is 13.6. The van der Waals surface area contributed by atoms with Crippen LogP contribution in [0.25, 0.3) is 39.0 Å². The molecule has 2 aromatic heterocycles. The third-order valence-corrected chi connectivity index (χ3v) is 7.50. The minimum Gasteiger partial charge on any atom is -0.494 e. The van der Waals surface area contributed by atoms with Gasteiger partial charge in [-0.2, -0.15) is 4.98 Å². The number of ether oxygens (including phenoxy) is 1. The number of hydrogen-bond donors (Lipinski definition) is 3. The molecule has 10 nitrogen and oxygen atoms in total. The molecular formula is C26H25FN6O4S. The molecular weight excluding hydrogens is 511 g/mol. The van der Waals surface area contributed by atoms with E-state index < -0.39 is 15.8 Å². The molecule has 5 rings (SSSR count). The van der Waals surface area contributed by atoms with Gasteiger partial charge in [0.05, 0.1) is 29.6 Å². The van der Waals surface area contributed by atoms with Crippen LogP contribution in [0.15, 0.2) is 54.6 Å². The number of imidazole rings is 1. The van der Waals surface area contributed by atoms with Gasteiger partial charge in [0.15, 0.2) is 5.82 Å². The van der Waals surface area contributed by atoms with Crippen molar-refractivity contribution in [2.45, 2.75) is 20.0 Å². The van der Waals surface area contributed by atoms with E-state index in [1.54, 1.807) is 29.7 Å². The van der Waals surface area contributed by atoms with Gasteiger partial charge < -0.3 is 15.6 Å². The number of nitrogens with two attached hydrogens (primary N) is 1. The van der Waals surface area contributed by atoms with E-state index in [1.807, 2.05) is 24.3 Å². The standard InChI is InChI=1S/C26H25FN6O4S/c1-3-11-38(35,36)32-19-9-6-7-16(23(19)27)15-12-17-24(21(13-15)37-2)30-26(31-25(17)28)33-20-10-5-4-8-18(20)29-22(33)14-34/h4-10,12-13,32,34H,3,11,14H2,1-2H3,(H2,28,30,31). The van der Waals surface area contributed by atoms with Gasteiger partial charge >= 0.3 is 0 Å². The van der Waals surface area contributed by atoms with Crippen molar-refractivity contribution in [1.29, 1.82) is 0 Å². The molecule has 38 heavy (non-hydrogen) atoms. The lowest BCUT2D eigenvalue weighted by atomic mass is 10.0. The average Bonchev–Trinajstić information content (AvgIpc) is 3.28. The third kappa shape index (κ3) is 4.48. The molecule has 0 aliphatic heterocycles. The summed E-state index contributed by atoms with van der Waals surface area (Å²) in [6, 6.07) is 15.0. The van der Waals surface area contributed by atoms with Crippen LogP contribution in [0.3, 0.4) is 0 Å². The third-order valence-electron chi connectivity index (χ3n) is 6.02. The fourth-order valence-corrected chi connectivity index (χ4v) is 5.48. The molecule has 2 heterocycles. The van der Waals surface area contributed by atoms with Crippen LogP contribution in [0.2, 0.25) is 0 Å². The molecule has 0 aliphatic rings. The number of halogens is 1. The number of hydrogen-bond acceptors (Lipinski definition) is 8. The molecule has 0 unspecified atom stereocenters. The highest BCUT2D eigenvalue weighted by atomic mass is 32.2. The number of nitrogen functional groups attached to an aromatic ring is 1. The lowest BCUT2D eigenvalue weighted by Gasteiger charge is -2.15. The number of benzene rings is 3. The summed E-state index contributed by atoms with van der Waals surface area (Å²) in [6.45, 7) is 1.38. The Morgan fingerprint density at radius 3 is 2.63 bits per heavy atom. The summed E-state index contributed by atoms with van der Waals surface area (Å²) >= 11 is 0. The smallest absolute Gasteiger partial charge is 0.238 e. The number of nitrogens with one attached hydrogen (secondary N) is 1. The maximum atomic E-state index is 15.5. The predicted molar refractivity (Wildman–Crippen MR) is 144 cm³/mol. The van der Waals surface area contributed by atoms with E-state index in [0.717, 1.165) is 0 Å². The zero-order valence-electron chi connectivity index (χ0n) is 20.6. The quantitative estimate of drug-likeness (QED) is 0.270. The topological polar surface area (TPSA) is 145 Å². The summed E-state index contributed by atoms with van der Waals surface area (Å²) in [6.07, 6.45) is 0.397. The van der Waals surface area contributed by atoms with Crippen LogP contribution >= 0.6 is 0 Å². The molecule has 0 radical (unpaired) electrons. The van der Waals surface area contributed by atoms with Gasteiger partial charge in [-0.1, -0.05) is 31.2 Å². The number of rotatable bonds is 8. The second kappa shape index (κ2) is 9.88. The molecule has 0 saturated heterocycles. The summed E-state index contributed by atoms with van der Waals surface area (Å²) in [7, 11) is -2.24. The van der Waals surface area contributed by atoms with Crippen molar-refractivity contribution in [2.24, 2.45) is 0 Å². The van der Waals surface area contributed by atoms with E-state index in [1.165, 1.54) is 19.2 Å². The molecule has 5 aromatic rings. The van der Waals surface area contributed by atoms with Crippen LogP contribution in [-0.2, 0) is 16.6 Å². The van der Waals surface area contributed by atoms with Gasteiger partial charge in [-0.25, -0.2) is 22.8 Å². The molecule has 0 bridgehead atoms. The normalized spacial score (nSPS) is 11.8. The Balaban J connectivity index is 1.67. The average molecular weight is 537 g/mol. The summed E-state index contributed by atoms with van der Waals surface area (Å²) in [5, 5.41) is 10.3. The largest absolute Gasteiger partial charge is 0.494 e. The Labute approximate surface area is 218 Å². The first kappa shape index (κ1) is 25.4. The van der Waals surface area contributed by atoms with Gasteiger partial charge in [-0.05, 0) is 42.3 Å². The van der Waals surface area contributed by atoms with Gasteiger partial charge in [0, 0.05) is 10.9 Å². The van der Waals surface area contributed by atoms with Crippen LogP contribution in [0.1, 0.15) is 19.2 Å². The Bertz CT molecular complexity index is 1790. The van der Waals surface area contributed by atoms with Crippen LogP contribution in [-0.4, -0.2) is 45.9 Å². The van der Waals surface area contributed by atoms with Crippen LogP contribution < -0.4 is 15.2 Å². The lowest BCUT2D eigenvalue weighted by molar-refractivity contribution is 0.269.